The Morgan fingerprint density at radius 1 is 0.850 bits per heavy atom. The molecular weight excluding hydrogens is 366 g/mol. The largest absolute Gasteiger partial charge is 0.428 e. The summed E-state index contributed by atoms with van der Waals surface area (Å²) >= 11 is 1.86. The Hall–Kier alpha value is -1.62. The number of benzene rings is 3. The molecule has 0 saturated carbocycles. The lowest BCUT2D eigenvalue weighted by Gasteiger charge is -2.06. The zero-order valence-corrected chi connectivity index (χ0v) is 13.0. The van der Waals surface area contributed by atoms with Crippen molar-refractivity contribution in [2.45, 2.75) is 6.92 Å². The van der Waals surface area contributed by atoms with Gasteiger partial charge in [-0.3, -0.25) is 0 Å². The maximum atomic E-state index is 13.7. The quantitative estimate of drug-likeness (QED) is 0.521. The van der Waals surface area contributed by atoms with Crippen molar-refractivity contribution in [3.05, 3.63) is 66.0 Å². The standard InChI is InChI=1S/C17H12FIO/c1-11-8-13-2-3-14(9-15(13)10-17(11)18)12-4-6-16(20-19)7-5-12/h2-10H,1H3. The predicted molar refractivity (Wildman–Crippen MR) is 88.7 cm³/mol. The molecule has 0 N–H and O–H groups in total. The Kier molecular flexibility index (Phi) is 3.61. The number of aryl methyl sites for hydroxylation is 1. The third-order valence-electron chi connectivity index (χ3n) is 3.39. The van der Waals surface area contributed by atoms with E-state index >= 15 is 0 Å². The Morgan fingerprint density at radius 3 is 2.25 bits per heavy atom. The smallest absolute Gasteiger partial charge is 0.192 e. The van der Waals surface area contributed by atoms with E-state index < -0.39 is 0 Å². The summed E-state index contributed by atoms with van der Waals surface area (Å²) in [4.78, 5) is 0. The van der Waals surface area contributed by atoms with Gasteiger partial charge in [0.1, 0.15) is 11.6 Å². The van der Waals surface area contributed by atoms with Gasteiger partial charge in [0.25, 0.3) is 0 Å². The van der Waals surface area contributed by atoms with E-state index in [2.05, 4.69) is 6.07 Å². The van der Waals surface area contributed by atoms with E-state index in [-0.39, 0.29) is 5.82 Å². The molecule has 0 aliphatic rings. The normalized spacial score (nSPS) is 10.8. The first-order valence-electron chi connectivity index (χ1n) is 6.26. The number of fused-ring (bicyclic) bond motifs is 1. The monoisotopic (exact) mass is 378 g/mol. The average molecular weight is 378 g/mol. The zero-order valence-electron chi connectivity index (χ0n) is 10.9. The molecule has 0 aliphatic heterocycles. The van der Waals surface area contributed by atoms with Gasteiger partial charge in [0.05, 0.1) is 0 Å². The third kappa shape index (κ3) is 2.50. The van der Waals surface area contributed by atoms with Crippen molar-refractivity contribution in [2.75, 3.05) is 0 Å². The maximum Gasteiger partial charge on any atom is 0.192 e. The van der Waals surface area contributed by atoms with Gasteiger partial charge < -0.3 is 3.07 Å². The van der Waals surface area contributed by atoms with Crippen molar-refractivity contribution in [3.63, 3.8) is 0 Å². The van der Waals surface area contributed by atoms with Crippen LogP contribution in [0.1, 0.15) is 5.56 Å². The molecule has 3 aromatic carbocycles. The highest BCUT2D eigenvalue weighted by Gasteiger charge is 2.04. The van der Waals surface area contributed by atoms with Crippen LogP contribution < -0.4 is 3.07 Å². The summed E-state index contributed by atoms with van der Waals surface area (Å²) in [6.07, 6.45) is 0. The number of halogens is 2. The molecule has 0 radical (unpaired) electrons. The fourth-order valence-electron chi connectivity index (χ4n) is 2.26. The van der Waals surface area contributed by atoms with Gasteiger partial charge in [0.15, 0.2) is 23.0 Å². The lowest BCUT2D eigenvalue weighted by Crippen LogP contribution is -1.84. The van der Waals surface area contributed by atoms with Gasteiger partial charge in [0, 0.05) is 0 Å². The molecule has 0 aliphatic carbocycles. The van der Waals surface area contributed by atoms with Gasteiger partial charge in [-0.2, -0.15) is 0 Å². The Balaban J connectivity index is 2.09. The Morgan fingerprint density at radius 2 is 1.55 bits per heavy atom. The molecular formula is C17H12FIO. The summed E-state index contributed by atoms with van der Waals surface area (Å²) in [6.45, 7) is 1.78. The number of rotatable bonds is 2. The van der Waals surface area contributed by atoms with Crippen molar-refractivity contribution in [2.24, 2.45) is 0 Å². The van der Waals surface area contributed by atoms with E-state index in [1.165, 1.54) is 0 Å². The van der Waals surface area contributed by atoms with E-state index in [0.29, 0.717) is 5.56 Å². The first kappa shape index (κ1) is 13.4. The molecule has 0 amide bonds. The van der Waals surface area contributed by atoms with Crippen LogP contribution in [0.25, 0.3) is 21.9 Å². The minimum absolute atomic E-state index is 0.164. The van der Waals surface area contributed by atoms with Gasteiger partial charge in [-0.25, -0.2) is 4.39 Å². The summed E-state index contributed by atoms with van der Waals surface area (Å²) in [5, 5.41) is 1.97. The molecule has 100 valence electrons. The molecule has 0 atom stereocenters. The summed E-state index contributed by atoms with van der Waals surface area (Å²) in [5.41, 5.74) is 2.83. The molecule has 3 rings (SSSR count). The average Bonchev–Trinajstić information content (AvgIpc) is 2.48. The fourth-order valence-corrected chi connectivity index (χ4v) is 2.56. The van der Waals surface area contributed by atoms with Crippen molar-refractivity contribution in [1.29, 1.82) is 0 Å². The van der Waals surface area contributed by atoms with Gasteiger partial charge in [-0.1, -0.05) is 24.3 Å². The van der Waals surface area contributed by atoms with Crippen LogP contribution in [0.4, 0.5) is 4.39 Å². The minimum atomic E-state index is -0.164. The highest BCUT2D eigenvalue weighted by Crippen LogP contribution is 2.27. The van der Waals surface area contributed by atoms with Crippen LogP contribution in [0.2, 0.25) is 0 Å². The molecule has 3 aromatic rings. The Bertz CT molecular complexity index is 766. The summed E-state index contributed by atoms with van der Waals surface area (Å²) in [5.74, 6) is 0.653. The minimum Gasteiger partial charge on any atom is -0.428 e. The van der Waals surface area contributed by atoms with Crippen molar-refractivity contribution in [3.8, 4) is 16.9 Å². The van der Waals surface area contributed by atoms with Crippen LogP contribution in [0.15, 0.2) is 54.6 Å². The summed E-state index contributed by atoms with van der Waals surface area (Å²) < 4.78 is 18.8. The van der Waals surface area contributed by atoms with Gasteiger partial charge >= 0.3 is 0 Å². The topological polar surface area (TPSA) is 9.23 Å². The van der Waals surface area contributed by atoms with Crippen LogP contribution in [-0.4, -0.2) is 0 Å². The maximum absolute atomic E-state index is 13.7. The molecule has 0 heterocycles. The van der Waals surface area contributed by atoms with Crippen molar-refractivity contribution < 1.29 is 7.46 Å². The first-order chi connectivity index (χ1) is 9.67. The van der Waals surface area contributed by atoms with Crippen LogP contribution >= 0.6 is 23.0 Å². The van der Waals surface area contributed by atoms with Gasteiger partial charge in [-0.15, -0.1) is 0 Å². The van der Waals surface area contributed by atoms with Gasteiger partial charge in [-0.05, 0) is 64.7 Å². The van der Waals surface area contributed by atoms with Crippen LogP contribution in [0.3, 0.4) is 0 Å². The third-order valence-corrected chi connectivity index (χ3v) is 3.90. The SMILES string of the molecule is Cc1cc2ccc(-c3ccc(OI)cc3)cc2cc1F. The van der Waals surface area contributed by atoms with Crippen molar-refractivity contribution in [1.82, 2.24) is 0 Å². The van der Waals surface area contributed by atoms with E-state index in [4.69, 9.17) is 3.07 Å². The van der Waals surface area contributed by atoms with Crippen LogP contribution in [-0.2, 0) is 0 Å². The molecule has 1 nitrogen and oxygen atoms in total. The van der Waals surface area contributed by atoms with Crippen molar-refractivity contribution >= 4 is 33.8 Å². The van der Waals surface area contributed by atoms with E-state index in [9.17, 15) is 4.39 Å². The second-order valence-corrected chi connectivity index (χ2v) is 5.21. The van der Waals surface area contributed by atoms with E-state index in [1.807, 2.05) is 65.5 Å². The molecule has 0 aromatic heterocycles. The Labute approximate surface area is 131 Å². The first-order valence-corrected chi connectivity index (χ1v) is 7.14. The molecule has 0 saturated heterocycles. The molecule has 0 unspecified atom stereocenters. The van der Waals surface area contributed by atoms with Crippen LogP contribution in [0.5, 0.6) is 5.75 Å². The second kappa shape index (κ2) is 5.40. The number of hydrogen-bond donors (Lipinski definition) is 0. The highest BCUT2D eigenvalue weighted by molar-refractivity contribution is 14.1. The molecule has 0 fully saturated rings. The highest BCUT2D eigenvalue weighted by atomic mass is 127. The summed E-state index contributed by atoms with van der Waals surface area (Å²) in [6, 6.07) is 17.4. The molecule has 3 heteroatoms. The molecule has 0 bridgehead atoms. The molecule has 0 spiro atoms. The predicted octanol–water partition coefficient (Wildman–Crippen LogP) is 5.68. The lowest BCUT2D eigenvalue weighted by atomic mass is 10.00. The van der Waals surface area contributed by atoms with Gasteiger partial charge in [0.2, 0.25) is 0 Å². The van der Waals surface area contributed by atoms with E-state index in [1.54, 1.807) is 13.0 Å². The zero-order chi connectivity index (χ0) is 14.1. The van der Waals surface area contributed by atoms with E-state index in [0.717, 1.165) is 27.6 Å². The van der Waals surface area contributed by atoms with Crippen LogP contribution in [0, 0.1) is 12.7 Å². The summed E-state index contributed by atoms with van der Waals surface area (Å²) in [7, 11) is 0. The number of hydrogen-bond acceptors (Lipinski definition) is 1. The lowest BCUT2D eigenvalue weighted by molar-refractivity contribution is 0.620. The fraction of sp³-hybridized carbons (Fsp3) is 0.0588. The molecule has 20 heavy (non-hydrogen) atoms. The second-order valence-electron chi connectivity index (χ2n) is 4.76.